The van der Waals surface area contributed by atoms with Gasteiger partial charge in [0.25, 0.3) is 5.91 Å². The van der Waals surface area contributed by atoms with Crippen LogP contribution in [0, 0.1) is 5.82 Å². The molecular weight excluding hydrogens is 273 g/mol. The molecule has 0 saturated heterocycles. The van der Waals surface area contributed by atoms with Crippen LogP contribution in [-0.2, 0) is 4.79 Å². The summed E-state index contributed by atoms with van der Waals surface area (Å²) in [5.41, 5.74) is 0.384. The van der Waals surface area contributed by atoms with E-state index in [4.69, 9.17) is 9.47 Å². The Morgan fingerprint density at radius 1 is 1.10 bits per heavy atom. The monoisotopic (exact) mass is 287 g/mol. The Kier molecular flexibility index (Phi) is 3.48. The first-order valence-electron chi connectivity index (χ1n) is 6.62. The summed E-state index contributed by atoms with van der Waals surface area (Å²) in [5, 5.41) is 2.63. The number of carbonyl (C=O) groups is 1. The van der Waals surface area contributed by atoms with Crippen molar-refractivity contribution >= 4 is 11.6 Å². The molecule has 1 aliphatic rings. The van der Waals surface area contributed by atoms with Crippen molar-refractivity contribution in [1.82, 2.24) is 0 Å². The molecule has 0 bridgehead atoms. The molecule has 0 radical (unpaired) electrons. The van der Waals surface area contributed by atoms with Gasteiger partial charge in [-0.05, 0) is 37.3 Å². The topological polar surface area (TPSA) is 47.6 Å². The number of halogens is 1. The van der Waals surface area contributed by atoms with Crippen molar-refractivity contribution in [2.45, 2.75) is 19.1 Å². The van der Waals surface area contributed by atoms with Crippen LogP contribution >= 0.6 is 0 Å². The molecule has 0 spiro atoms. The molecule has 2 aromatic rings. The van der Waals surface area contributed by atoms with Crippen molar-refractivity contribution < 1.29 is 18.7 Å². The first-order valence-corrected chi connectivity index (χ1v) is 6.62. The van der Waals surface area contributed by atoms with E-state index in [0.29, 0.717) is 17.2 Å². The maximum absolute atomic E-state index is 13.1. The minimum Gasteiger partial charge on any atom is -0.482 e. The fourth-order valence-corrected chi connectivity index (χ4v) is 2.19. The first-order chi connectivity index (χ1) is 10.1. The predicted molar refractivity (Wildman–Crippen MR) is 76.0 cm³/mol. The Labute approximate surface area is 121 Å². The van der Waals surface area contributed by atoms with Gasteiger partial charge in [0.15, 0.2) is 11.5 Å². The van der Waals surface area contributed by atoms with Gasteiger partial charge >= 0.3 is 0 Å². The van der Waals surface area contributed by atoms with Crippen molar-refractivity contribution in [1.29, 1.82) is 0 Å². The van der Waals surface area contributed by atoms with E-state index < -0.39 is 18.0 Å². The van der Waals surface area contributed by atoms with Crippen LogP contribution in [0.15, 0.2) is 48.5 Å². The SMILES string of the molecule is CC1Oc2ccccc2OC1C(=O)Nc1cccc(F)c1. The van der Waals surface area contributed by atoms with Gasteiger partial charge in [0, 0.05) is 5.69 Å². The quantitative estimate of drug-likeness (QED) is 0.923. The molecule has 0 aliphatic carbocycles. The minimum atomic E-state index is -0.789. The third-order valence-electron chi connectivity index (χ3n) is 3.19. The molecule has 108 valence electrons. The highest BCUT2D eigenvalue weighted by Crippen LogP contribution is 2.33. The summed E-state index contributed by atoms with van der Waals surface area (Å²) in [4.78, 5) is 12.3. The molecular formula is C16H14FNO3. The summed E-state index contributed by atoms with van der Waals surface area (Å²) < 4.78 is 24.5. The number of anilines is 1. The average Bonchev–Trinajstić information content (AvgIpc) is 2.46. The fourth-order valence-electron chi connectivity index (χ4n) is 2.19. The number of para-hydroxylation sites is 2. The number of amides is 1. The van der Waals surface area contributed by atoms with Crippen molar-refractivity contribution in [3.63, 3.8) is 0 Å². The van der Waals surface area contributed by atoms with E-state index in [2.05, 4.69) is 5.32 Å². The lowest BCUT2D eigenvalue weighted by Gasteiger charge is -2.31. The Morgan fingerprint density at radius 3 is 2.52 bits per heavy atom. The number of ether oxygens (including phenoxy) is 2. The molecule has 1 amide bonds. The van der Waals surface area contributed by atoms with Gasteiger partial charge in [-0.15, -0.1) is 0 Å². The Morgan fingerprint density at radius 2 is 1.81 bits per heavy atom. The van der Waals surface area contributed by atoms with Gasteiger partial charge in [-0.3, -0.25) is 4.79 Å². The van der Waals surface area contributed by atoms with Crippen LogP contribution in [0.1, 0.15) is 6.92 Å². The van der Waals surface area contributed by atoms with Gasteiger partial charge in [-0.1, -0.05) is 18.2 Å². The Bertz CT molecular complexity index is 674. The summed E-state index contributed by atoms with van der Waals surface area (Å²) in [6.07, 6.45) is -1.23. The number of fused-ring (bicyclic) bond motifs is 1. The summed E-state index contributed by atoms with van der Waals surface area (Å²) in [6, 6.07) is 12.9. The largest absolute Gasteiger partial charge is 0.482 e. The van der Waals surface area contributed by atoms with Crippen LogP contribution in [0.4, 0.5) is 10.1 Å². The molecule has 2 aromatic carbocycles. The predicted octanol–water partition coefficient (Wildman–Crippen LogP) is 2.99. The van der Waals surface area contributed by atoms with E-state index >= 15 is 0 Å². The molecule has 2 unspecified atom stereocenters. The van der Waals surface area contributed by atoms with Crippen LogP contribution in [0.2, 0.25) is 0 Å². The maximum atomic E-state index is 13.1. The third-order valence-corrected chi connectivity index (χ3v) is 3.19. The highest BCUT2D eigenvalue weighted by molar-refractivity contribution is 5.95. The zero-order chi connectivity index (χ0) is 14.8. The van der Waals surface area contributed by atoms with E-state index in [1.54, 1.807) is 31.2 Å². The van der Waals surface area contributed by atoms with Gasteiger partial charge in [0.2, 0.25) is 6.10 Å². The lowest BCUT2D eigenvalue weighted by molar-refractivity contribution is -0.128. The van der Waals surface area contributed by atoms with Gasteiger partial charge in [0.05, 0.1) is 0 Å². The van der Waals surface area contributed by atoms with Crippen LogP contribution < -0.4 is 14.8 Å². The second-order valence-electron chi connectivity index (χ2n) is 4.81. The average molecular weight is 287 g/mol. The summed E-state index contributed by atoms with van der Waals surface area (Å²) in [7, 11) is 0. The van der Waals surface area contributed by atoms with Crippen LogP contribution in [-0.4, -0.2) is 18.1 Å². The van der Waals surface area contributed by atoms with E-state index in [-0.39, 0.29) is 5.91 Å². The molecule has 2 atom stereocenters. The van der Waals surface area contributed by atoms with Crippen LogP contribution in [0.25, 0.3) is 0 Å². The smallest absolute Gasteiger partial charge is 0.269 e. The highest BCUT2D eigenvalue weighted by atomic mass is 19.1. The van der Waals surface area contributed by atoms with E-state index in [0.717, 1.165) is 0 Å². The second kappa shape index (κ2) is 5.44. The fraction of sp³-hybridized carbons (Fsp3) is 0.188. The number of rotatable bonds is 2. The van der Waals surface area contributed by atoms with Crippen molar-refractivity contribution in [3.8, 4) is 11.5 Å². The van der Waals surface area contributed by atoms with Gasteiger partial charge in [0.1, 0.15) is 11.9 Å². The molecule has 0 saturated carbocycles. The summed E-state index contributed by atoms with van der Waals surface area (Å²) >= 11 is 0. The standard InChI is InChI=1S/C16H14FNO3/c1-10-15(21-14-8-3-2-7-13(14)20-10)16(19)18-12-6-4-5-11(17)9-12/h2-10,15H,1H3,(H,18,19). The van der Waals surface area contributed by atoms with Gasteiger partial charge in [-0.2, -0.15) is 0 Å². The number of hydrogen-bond acceptors (Lipinski definition) is 3. The van der Waals surface area contributed by atoms with Crippen molar-refractivity contribution in [3.05, 3.63) is 54.3 Å². The van der Waals surface area contributed by atoms with E-state index in [1.807, 2.05) is 6.07 Å². The summed E-state index contributed by atoms with van der Waals surface area (Å²) in [6.45, 7) is 1.76. The minimum absolute atomic E-state index is 0.373. The molecule has 4 nitrogen and oxygen atoms in total. The number of nitrogens with one attached hydrogen (secondary N) is 1. The lowest BCUT2D eigenvalue weighted by Crippen LogP contribution is -2.46. The van der Waals surface area contributed by atoms with Crippen molar-refractivity contribution in [2.24, 2.45) is 0 Å². The molecule has 0 fully saturated rings. The number of carbonyl (C=O) groups excluding carboxylic acids is 1. The third kappa shape index (κ3) is 2.81. The first kappa shape index (κ1) is 13.4. The van der Waals surface area contributed by atoms with E-state index in [9.17, 15) is 9.18 Å². The molecule has 1 heterocycles. The second-order valence-corrected chi connectivity index (χ2v) is 4.81. The molecule has 1 aliphatic heterocycles. The van der Waals surface area contributed by atoms with Crippen molar-refractivity contribution in [2.75, 3.05) is 5.32 Å². The highest BCUT2D eigenvalue weighted by Gasteiger charge is 2.34. The number of benzene rings is 2. The number of hydrogen-bond donors (Lipinski definition) is 1. The Balaban J connectivity index is 1.76. The van der Waals surface area contributed by atoms with Crippen LogP contribution in [0.3, 0.4) is 0 Å². The van der Waals surface area contributed by atoms with Gasteiger partial charge < -0.3 is 14.8 Å². The zero-order valence-electron chi connectivity index (χ0n) is 11.4. The molecule has 1 N–H and O–H groups in total. The lowest BCUT2D eigenvalue weighted by atomic mass is 10.1. The molecule has 5 heteroatoms. The normalized spacial score (nSPS) is 19.9. The maximum Gasteiger partial charge on any atom is 0.269 e. The van der Waals surface area contributed by atoms with E-state index in [1.165, 1.54) is 18.2 Å². The Hall–Kier alpha value is -2.56. The molecule has 21 heavy (non-hydrogen) atoms. The molecule has 3 rings (SSSR count). The van der Waals surface area contributed by atoms with Crippen LogP contribution in [0.5, 0.6) is 11.5 Å². The summed E-state index contributed by atoms with van der Waals surface area (Å²) in [5.74, 6) is 0.351. The molecule has 0 aromatic heterocycles. The van der Waals surface area contributed by atoms with Gasteiger partial charge in [-0.25, -0.2) is 4.39 Å². The zero-order valence-corrected chi connectivity index (χ0v) is 11.4.